The molecule has 5 rings (SSSR count). The van der Waals surface area contributed by atoms with Crippen molar-refractivity contribution in [3.8, 4) is 6.07 Å². The van der Waals surface area contributed by atoms with Crippen molar-refractivity contribution < 1.29 is 13.2 Å². The molecule has 41 heavy (non-hydrogen) atoms. The lowest BCUT2D eigenvalue weighted by atomic mass is 10.0. The second-order valence-electron chi connectivity index (χ2n) is 10.7. The summed E-state index contributed by atoms with van der Waals surface area (Å²) in [6.45, 7) is 6.74. The molecule has 0 unspecified atom stereocenters. The van der Waals surface area contributed by atoms with Gasteiger partial charge in [-0.05, 0) is 18.2 Å². The first-order valence-corrected chi connectivity index (χ1v) is 16.7. The minimum absolute atomic E-state index is 0.125. The molecule has 4 aromatic rings. The first-order chi connectivity index (χ1) is 19.5. The Hall–Kier alpha value is -4.31. The summed E-state index contributed by atoms with van der Waals surface area (Å²) in [5.74, 6) is -2.78. The van der Waals surface area contributed by atoms with Gasteiger partial charge in [-0.3, -0.25) is 9.99 Å². The molecule has 0 spiro atoms. The van der Waals surface area contributed by atoms with Crippen molar-refractivity contribution in [1.82, 2.24) is 25.9 Å². The highest BCUT2D eigenvalue weighted by molar-refractivity contribution is 6.76. The third-order valence-electron chi connectivity index (χ3n) is 6.23. The third-order valence-corrected chi connectivity index (χ3v) is 7.81. The monoisotopic (exact) mass is 594 g/mol. The second kappa shape index (κ2) is 11.3. The number of halogens is 4. The molecule has 1 aliphatic rings. The lowest BCUT2D eigenvalue weighted by Crippen LogP contribution is -2.45. The van der Waals surface area contributed by atoms with E-state index in [2.05, 4.69) is 57.3 Å². The molecule has 0 fully saturated rings. The fourth-order valence-electron chi connectivity index (χ4n) is 4.51. The van der Waals surface area contributed by atoms with Crippen LogP contribution in [0.4, 0.5) is 30.2 Å². The smallest absolute Gasteiger partial charge is 0.249 e. The predicted octanol–water partition coefficient (Wildman–Crippen LogP) is 6.51. The standard InChI is InChI=1S/C28H26ClF3N8Si/c1-41(2,3)15-40-14-24(38-39-40)27(19-6-4-5-7-22(19)30)36-17-8-20-25(37-18-10-23(31)28(32)35-13-18)16(11-33)12-34-26(20)21(29)9-17/h4-10,12-14,27,36,38-39H,15H2,1-3H3,(H,34,37)/t27-/m0/s1. The van der Waals surface area contributed by atoms with Crippen LogP contribution in [0, 0.1) is 28.9 Å². The molecule has 4 N–H and O–H groups in total. The van der Waals surface area contributed by atoms with E-state index in [-0.39, 0.29) is 22.0 Å². The normalized spacial score (nSPS) is 13.9. The number of fused-ring (bicyclic) bond motifs is 1. The number of pyridine rings is 2. The van der Waals surface area contributed by atoms with Crippen LogP contribution in [0.25, 0.3) is 10.9 Å². The largest absolute Gasteiger partial charge is 0.373 e. The van der Waals surface area contributed by atoms with Crippen molar-refractivity contribution in [3.05, 3.63) is 100 Å². The maximum absolute atomic E-state index is 15.1. The third kappa shape index (κ3) is 6.22. The minimum Gasteiger partial charge on any atom is -0.373 e. The maximum Gasteiger partial charge on any atom is 0.249 e. The molecule has 0 saturated heterocycles. The molecule has 1 atom stereocenters. The SMILES string of the molecule is C[Si](C)(C)CN1C=C([C@@H](Nc2cc(Cl)c3ncc(C#N)c(Nc4cnc(F)c(F)c4)c3c2)c2ccccc2F)NN1. The van der Waals surface area contributed by atoms with Crippen molar-refractivity contribution in [1.29, 1.82) is 5.26 Å². The molecule has 3 heterocycles. The van der Waals surface area contributed by atoms with Gasteiger partial charge >= 0.3 is 0 Å². The van der Waals surface area contributed by atoms with E-state index < -0.39 is 31.7 Å². The van der Waals surface area contributed by atoms with Gasteiger partial charge in [-0.25, -0.2) is 13.8 Å². The van der Waals surface area contributed by atoms with Crippen molar-refractivity contribution in [2.75, 3.05) is 16.8 Å². The number of hydrogen-bond acceptors (Lipinski definition) is 8. The summed E-state index contributed by atoms with van der Waals surface area (Å²) in [4.78, 5) is 7.73. The van der Waals surface area contributed by atoms with E-state index in [1.807, 2.05) is 11.2 Å². The van der Waals surface area contributed by atoms with Gasteiger partial charge in [0.25, 0.3) is 0 Å². The zero-order valence-electron chi connectivity index (χ0n) is 22.4. The Bertz CT molecular complexity index is 1700. The van der Waals surface area contributed by atoms with Gasteiger partial charge in [-0.15, -0.1) is 5.53 Å². The summed E-state index contributed by atoms with van der Waals surface area (Å²) in [7, 11) is -1.47. The van der Waals surface area contributed by atoms with Gasteiger partial charge in [0.15, 0.2) is 5.82 Å². The topological polar surface area (TPSA) is 101 Å². The van der Waals surface area contributed by atoms with Crippen LogP contribution in [0.3, 0.4) is 0 Å². The Morgan fingerprint density at radius 3 is 2.54 bits per heavy atom. The molecule has 0 saturated carbocycles. The van der Waals surface area contributed by atoms with Crippen LogP contribution in [-0.4, -0.2) is 29.2 Å². The molecule has 13 heteroatoms. The van der Waals surface area contributed by atoms with Gasteiger partial charge in [-0.2, -0.15) is 9.65 Å². The van der Waals surface area contributed by atoms with Crippen LogP contribution in [0.15, 0.2) is 66.8 Å². The molecule has 210 valence electrons. The molecular weight excluding hydrogens is 569 g/mol. The highest BCUT2D eigenvalue weighted by Crippen LogP contribution is 2.37. The Morgan fingerprint density at radius 2 is 1.83 bits per heavy atom. The van der Waals surface area contributed by atoms with E-state index in [9.17, 15) is 14.0 Å². The van der Waals surface area contributed by atoms with Crippen LogP contribution >= 0.6 is 11.6 Å². The highest BCUT2D eigenvalue weighted by atomic mass is 35.5. The lowest BCUT2D eigenvalue weighted by Gasteiger charge is -2.23. The highest BCUT2D eigenvalue weighted by Gasteiger charge is 2.27. The van der Waals surface area contributed by atoms with Crippen molar-refractivity contribution in [3.63, 3.8) is 0 Å². The summed E-state index contributed by atoms with van der Waals surface area (Å²) in [5.41, 5.74) is 8.80. The molecular formula is C28H26ClF3N8Si. The molecule has 0 amide bonds. The van der Waals surface area contributed by atoms with Gasteiger partial charge in [-0.1, -0.05) is 49.4 Å². The van der Waals surface area contributed by atoms with E-state index >= 15 is 4.39 Å². The molecule has 1 aliphatic heterocycles. The molecule has 8 nitrogen and oxygen atoms in total. The second-order valence-corrected chi connectivity index (χ2v) is 16.6. The van der Waals surface area contributed by atoms with Gasteiger partial charge in [0.1, 0.15) is 11.9 Å². The predicted molar refractivity (Wildman–Crippen MR) is 156 cm³/mol. The maximum atomic E-state index is 15.1. The average molecular weight is 595 g/mol. The summed E-state index contributed by atoms with van der Waals surface area (Å²) in [6.07, 6.45) is 5.18. The zero-order valence-corrected chi connectivity index (χ0v) is 24.1. The first kappa shape index (κ1) is 28.2. The Labute approximate surface area is 240 Å². The summed E-state index contributed by atoms with van der Waals surface area (Å²) < 4.78 is 42.4. The van der Waals surface area contributed by atoms with Crippen molar-refractivity contribution in [2.24, 2.45) is 0 Å². The minimum atomic E-state index is -1.47. The number of hydrogen-bond donors (Lipinski definition) is 4. The van der Waals surface area contributed by atoms with E-state index in [1.54, 1.807) is 30.3 Å². The average Bonchev–Trinajstić information content (AvgIpc) is 3.37. The number of anilines is 3. The summed E-state index contributed by atoms with van der Waals surface area (Å²) in [5, 5.41) is 18.7. The molecule has 2 aromatic carbocycles. The quantitative estimate of drug-likeness (QED) is 0.135. The number of hydrazine groups is 2. The molecule has 0 aliphatic carbocycles. The number of aromatic nitrogens is 2. The van der Waals surface area contributed by atoms with E-state index in [4.69, 9.17) is 11.6 Å². The van der Waals surface area contributed by atoms with Crippen LogP contribution in [0.1, 0.15) is 17.2 Å². The van der Waals surface area contributed by atoms with Crippen LogP contribution in [-0.2, 0) is 0 Å². The Kier molecular flexibility index (Phi) is 7.77. The van der Waals surface area contributed by atoms with Crippen molar-refractivity contribution in [2.45, 2.75) is 25.7 Å². The van der Waals surface area contributed by atoms with Crippen molar-refractivity contribution >= 4 is 47.6 Å². The molecule has 0 radical (unpaired) electrons. The number of benzene rings is 2. The Morgan fingerprint density at radius 1 is 1.05 bits per heavy atom. The van der Waals surface area contributed by atoms with E-state index in [1.165, 1.54) is 12.3 Å². The van der Waals surface area contributed by atoms with Gasteiger partial charge in [0.05, 0.1) is 53.5 Å². The fourth-order valence-corrected chi connectivity index (χ4v) is 5.97. The van der Waals surface area contributed by atoms with Crippen LogP contribution in [0.2, 0.25) is 24.7 Å². The number of nitrogens with zero attached hydrogens (tertiary/aromatic N) is 4. The van der Waals surface area contributed by atoms with Gasteiger partial charge in [0.2, 0.25) is 5.95 Å². The van der Waals surface area contributed by atoms with Gasteiger partial charge < -0.3 is 16.1 Å². The lowest BCUT2D eigenvalue weighted by molar-refractivity contribution is 0.305. The first-order valence-electron chi connectivity index (χ1n) is 12.6. The zero-order chi connectivity index (χ0) is 29.3. The number of nitrogens with one attached hydrogen (secondary N) is 4. The molecule has 2 aromatic heterocycles. The Balaban J connectivity index is 1.58. The van der Waals surface area contributed by atoms with Gasteiger partial charge in [0, 0.05) is 41.3 Å². The van der Waals surface area contributed by atoms with E-state index in [0.717, 1.165) is 18.4 Å². The summed E-state index contributed by atoms with van der Waals surface area (Å²) >= 11 is 6.64. The number of nitriles is 1. The van der Waals surface area contributed by atoms with Crippen LogP contribution < -0.4 is 21.6 Å². The van der Waals surface area contributed by atoms with E-state index in [0.29, 0.717) is 27.9 Å². The molecule has 0 bridgehead atoms. The summed E-state index contributed by atoms with van der Waals surface area (Å²) in [6, 6.07) is 12.2. The fraction of sp³-hybridized carbons (Fsp3) is 0.179. The van der Waals surface area contributed by atoms with Crippen LogP contribution in [0.5, 0.6) is 0 Å². The number of rotatable bonds is 8.